The Morgan fingerprint density at radius 2 is 1.60 bits per heavy atom. The van der Waals surface area contributed by atoms with E-state index >= 15 is 0 Å². The van der Waals surface area contributed by atoms with Crippen LogP contribution in [0.3, 0.4) is 0 Å². The summed E-state index contributed by atoms with van der Waals surface area (Å²) < 4.78 is 11.3. The van der Waals surface area contributed by atoms with E-state index in [4.69, 9.17) is 9.47 Å². The second kappa shape index (κ2) is 4.42. The van der Waals surface area contributed by atoms with Crippen LogP contribution < -0.4 is 0 Å². The van der Waals surface area contributed by atoms with Gasteiger partial charge in [-0.15, -0.1) is 0 Å². The van der Waals surface area contributed by atoms with E-state index in [-0.39, 0.29) is 5.41 Å². The summed E-state index contributed by atoms with van der Waals surface area (Å²) in [4.78, 5) is 0. The molecule has 0 aromatic carbocycles. The molecular formula is C13H26O2. The van der Waals surface area contributed by atoms with Crippen molar-refractivity contribution in [2.45, 2.75) is 66.6 Å². The molecule has 2 unspecified atom stereocenters. The van der Waals surface area contributed by atoms with Gasteiger partial charge in [-0.1, -0.05) is 41.5 Å². The van der Waals surface area contributed by atoms with Crippen molar-refractivity contribution in [3.05, 3.63) is 0 Å². The Labute approximate surface area is 94.3 Å². The van der Waals surface area contributed by atoms with Crippen LogP contribution >= 0.6 is 0 Å². The summed E-state index contributed by atoms with van der Waals surface area (Å²) in [5.74, 6) is 0. The molecule has 0 N–H and O–H groups in total. The van der Waals surface area contributed by atoms with Gasteiger partial charge in [0.25, 0.3) is 0 Å². The Bertz CT molecular complexity index is 198. The van der Waals surface area contributed by atoms with Crippen molar-refractivity contribution in [1.82, 2.24) is 0 Å². The molecule has 1 rings (SSSR count). The van der Waals surface area contributed by atoms with E-state index in [1.165, 1.54) is 0 Å². The maximum Gasteiger partial charge on any atom is 0.147 e. The van der Waals surface area contributed by atoms with Gasteiger partial charge in [-0.05, 0) is 17.3 Å². The van der Waals surface area contributed by atoms with Gasteiger partial charge in [0, 0.05) is 6.42 Å². The Kier molecular flexibility index (Phi) is 3.83. The van der Waals surface area contributed by atoms with Crippen LogP contribution in [0.15, 0.2) is 0 Å². The molecule has 0 bridgehead atoms. The third kappa shape index (κ3) is 4.52. The molecule has 2 heteroatoms. The van der Waals surface area contributed by atoms with E-state index < -0.39 is 0 Å². The zero-order chi connectivity index (χ0) is 11.7. The van der Waals surface area contributed by atoms with Gasteiger partial charge in [0.1, 0.15) is 6.79 Å². The van der Waals surface area contributed by atoms with Gasteiger partial charge in [0.2, 0.25) is 0 Å². The van der Waals surface area contributed by atoms with Crippen molar-refractivity contribution >= 4 is 0 Å². The van der Waals surface area contributed by atoms with Gasteiger partial charge < -0.3 is 9.47 Å². The minimum absolute atomic E-state index is 0.222. The lowest BCUT2D eigenvalue weighted by Gasteiger charge is -2.39. The Hall–Kier alpha value is -0.0800. The van der Waals surface area contributed by atoms with Crippen LogP contribution in [-0.4, -0.2) is 19.0 Å². The summed E-state index contributed by atoms with van der Waals surface area (Å²) in [7, 11) is 0. The highest BCUT2D eigenvalue weighted by molar-refractivity contribution is 4.81. The molecule has 0 saturated carbocycles. The Morgan fingerprint density at radius 3 is 2.07 bits per heavy atom. The van der Waals surface area contributed by atoms with E-state index in [0.29, 0.717) is 24.4 Å². The summed E-state index contributed by atoms with van der Waals surface area (Å²) in [5.41, 5.74) is 0.560. The van der Waals surface area contributed by atoms with E-state index in [9.17, 15) is 0 Å². The molecular weight excluding hydrogens is 188 g/mol. The van der Waals surface area contributed by atoms with Crippen molar-refractivity contribution < 1.29 is 9.47 Å². The van der Waals surface area contributed by atoms with Gasteiger partial charge >= 0.3 is 0 Å². The third-order valence-corrected chi connectivity index (χ3v) is 2.86. The molecule has 1 saturated heterocycles. The Morgan fingerprint density at radius 1 is 1.00 bits per heavy atom. The van der Waals surface area contributed by atoms with Gasteiger partial charge in [0.05, 0.1) is 12.2 Å². The molecule has 2 atom stereocenters. The van der Waals surface area contributed by atoms with E-state index in [0.717, 1.165) is 12.8 Å². The maximum absolute atomic E-state index is 5.66. The Balaban J connectivity index is 2.50. The van der Waals surface area contributed by atoms with Gasteiger partial charge in [-0.25, -0.2) is 0 Å². The predicted octanol–water partition coefficient (Wildman–Crippen LogP) is 3.60. The van der Waals surface area contributed by atoms with Crippen LogP contribution in [0.2, 0.25) is 0 Å². The molecule has 0 aromatic rings. The summed E-state index contributed by atoms with van der Waals surface area (Å²) >= 11 is 0. The molecule has 90 valence electrons. The minimum atomic E-state index is 0.222. The molecule has 15 heavy (non-hydrogen) atoms. The SMILES string of the molecule is CC(C)(C)CC1CC(C(C)(C)C)OCO1. The monoisotopic (exact) mass is 214 g/mol. The number of rotatable bonds is 1. The quantitative estimate of drug-likeness (QED) is 0.664. The van der Waals surface area contributed by atoms with Gasteiger partial charge in [-0.2, -0.15) is 0 Å². The zero-order valence-electron chi connectivity index (χ0n) is 11.1. The summed E-state index contributed by atoms with van der Waals surface area (Å²) in [6.45, 7) is 13.9. The summed E-state index contributed by atoms with van der Waals surface area (Å²) in [5, 5.41) is 0. The average Bonchev–Trinajstić information content (AvgIpc) is 1.99. The molecule has 1 fully saturated rings. The number of hydrogen-bond donors (Lipinski definition) is 0. The van der Waals surface area contributed by atoms with Crippen LogP contribution in [0.4, 0.5) is 0 Å². The van der Waals surface area contributed by atoms with Crippen LogP contribution in [0, 0.1) is 10.8 Å². The molecule has 1 aliphatic rings. The first kappa shape index (κ1) is 13.0. The average molecular weight is 214 g/mol. The molecule has 1 aliphatic heterocycles. The van der Waals surface area contributed by atoms with Crippen molar-refractivity contribution in [2.75, 3.05) is 6.79 Å². The first-order valence-corrected chi connectivity index (χ1v) is 5.92. The summed E-state index contributed by atoms with van der Waals surface area (Å²) in [6.07, 6.45) is 2.84. The second-order valence-electron chi connectivity index (χ2n) is 6.93. The minimum Gasteiger partial charge on any atom is -0.352 e. The highest BCUT2D eigenvalue weighted by Crippen LogP contribution is 2.33. The van der Waals surface area contributed by atoms with Crippen molar-refractivity contribution in [3.63, 3.8) is 0 Å². The van der Waals surface area contributed by atoms with E-state index in [1.54, 1.807) is 0 Å². The topological polar surface area (TPSA) is 18.5 Å². The maximum atomic E-state index is 5.66. The largest absolute Gasteiger partial charge is 0.352 e. The van der Waals surface area contributed by atoms with Crippen LogP contribution in [0.1, 0.15) is 54.4 Å². The van der Waals surface area contributed by atoms with Crippen LogP contribution in [0.25, 0.3) is 0 Å². The molecule has 1 heterocycles. The summed E-state index contributed by atoms with van der Waals surface area (Å²) in [6, 6.07) is 0. The van der Waals surface area contributed by atoms with Crippen molar-refractivity contribution in [2.24, 2.45) is 10.8 Å². The number of hydrogen-bond acceptors (Lipinski definition) is 2. The van der Waals surface area contributed by atoms with Crippen LogP contribution in [-0.2, 0) is 9.47 Å². The van der Waals surface area contributed by atoms with Crippen molar-refractivity contribution in [1.29, 1.82) is 0 Å². The molecule has 0 spiro atoms. The lowest BCUT2D eigenvalue weighted by molar-refractivity contribution is -0.205. The van der Waals surface area contributed by atoms with Gasteiger partial charge in [0.15, 0.2) is 0 Å². The molecule has 0 aromatic heterocycles. The standard InChI is InChI=1S/C13H26O2/c1-12(2,3)8-10-7-11(13(4,5)6)15-9-14-10/h10-11H,7-9H2,1-6H3. The van der Waals surface area contributed by atoms with E-state index in [1.807, 2.05) is 0 Å². The lowest BCUT2D eigenvalue weighted by atomic mass is 9.81. The molecule has 0 radical (unpaired) electrons. The first-order valence-electron chi connectivity index (χ1n) is 5.92. The second-order valence-corrected chi connectivity index (χ2v) is 6.93. The zero-order valence-corrected chi connectivity index (χ0v) is 11.1. The first-order chi connectivity index (χ1) is 6.68. The normalized spacial score (nSPS) is 29.2. The van der Waals surface area contributed by atoms with Crippen molar-refractivity contribution in [3.8, 4) is 0 Å². The molecule has 0 amide bonds. The van der Waals surface area contributed by atoms with Gasteiger partial charge in [-0.3, -0.25) is 0 Å². The lowest BCUT2D eigenvalue weighted by Crippen LogP contribution is -2.40. The fraction of sp³-hybridized carbons (Fsp3) is 1.00. The molecule has 0 aliphatic carbocycles. The number of ether oxygens (including phenoxy) is 2. The molecule has 2 nitrogen and oxygen atoms in total. The highest BCUT2D eigenvalue weighted by Gasteiger charge is 2.33. The fourth-order valence-corrected chi connectivity index (χ4v) is 2.02. The van der Waals surface area contributed by atoms with Crippen LogP contribution in [0.5, 0.6) is 0 Å². The van der Waals surface area contributed by atoms with E-state index in [2.05, 4.69) is 41.5 Å². The third-order valence-electron chi connectivity index (χ3n) is 2.86. The fourth-order valence-electron chi connectivity index (χ4n) is 2.02. The predicted molar refractivity (Wildman–Crippen MR) is 62.8 cm³/mol. The highest BCUT2D eigenvalue weighted by atomic mass is 16.7. The smallest absolute Gasteiger partial charge is 0.147 e.